The Labute approximate surface area is 188 Å². The van der Waals surface area contributed by atoms with Gasteiger partial charge in [0, 0.05) is 11.4 Å². The molecule has 0 bridgehead atoms. The molecule has 170 valence electrons. The van der Waals surface area contributed by atoms with E-state index < -0.39 is 23.8 Å². The molecule has 0 spiro atoms. The van der Waals surface area contributed by atoms with Crippen molar-refractivity contribution < 1.29 is 32.5 Å². The first kappa shape index (κ1) is 23.4. The number of carbonyl (C=O) groups is 1. The third-order valence-corrected chi connectivity index (χ3v) is 5.24. The Morgan fingerprint density at radius 1 is 1.25 bits per heavy atom. The average Bonchev–Trinajstić information content (AvgIpc) is 2.74. The van der Waals surface area contributed by atoms with Crippen molar-refractivity contribution in [2.75, 3.05) is 18.6 Å². The highest BCUT2D eigenvalue weighted by Gasteiger charge is 2.37. The quantitative estimate of drug-likeness (QED) is 0.489. The van der Waals surface area contributed by atoms with Gasteiger partial charge in [-0.25, -0.2) is 4.79 Å². The van der Waals surface area contributed by atoms with E-state index in [4.69, 9.17) is 21.7 Å². The van der Waals surface area contributed by atoms with Crippen LogP contribution in [0.25, 0.3) is 0 Å². The van der Waals surface area contributed by atoms with Gasteiger partial charge in [0.2, 0.25) is 0 Å². The molecule has 3 rings (SSSR count). The maximum atomic E-state index is 13.2. The number of nitrogens with zero attached hydrogens (tertiary/aromatic N) is 1. The van der Waals surface area contributed by atoms with Gasteiger partial charge in [0.1, 0.15) is 0 Å². The summed E-state index contributed by atoms with van der Waals surface area (Å²) in [6.07, 6.45) is -4.53. The van der Waals surface area contributed by atoms with Crippen molar-refractivity contribution in [3.63, 3.8) is 0 Å². The minimum atomic E-state index is -4.53. The molecule has 0 radical (unpaired) electrons. The van der Waals surface area contributed by atoms with Gasteiger partial charge in [0.05, 0.1) is 30.9 Å². The van der Waals surface area contributed by atoms with Crippen molar-refractivity contribution in [2.24, 2.45) is 0 Å². The Morgan fingerprint density at radius 2 is 1.97 bits per heavy atom. The Balaban J connectivity index is 2.14. The second-order valence-corrected chi connectivity index (χ2v) is 7.30. The van der Waals surface area contributed by atoms with Crippen LogP contribution in [0.15, 0.2) is 53.7 Å². The van der Waals surface area contributed by atoms with Crippen molar-refractivity contribution in [3.8, 4) is 11.5 Å². The standard InChI is InChI=1S/C22H21F3N2O4S/c1-4-31-17-10-13(8-9-16(17)28)19-18(20(29)30-3)12(2)27(21(32)26-19)15-7-5-6-14(11-15)22(23,24)25/h5-11,19,28H,4H2,1-3H3,(H,26,32)/t19-/m1/s1. The molecule has 2 aromatic rings. The molecule has 1 atom stereocenters. The summed E-state index contributed by atoms with van der Waals surface area (Å²) < 4.78 is 50.0. The number of aromatic hydroxyl groups is 1. The molecule has 1 aliphatic heterocycles. The fraction of sp³-hybridized carbons (Fsp3) is 0.273. The summed E-state index contributed by atoms with van der Waals surface area (Å²) in [5.41, 5.74) is 0.335. The SMILES string of the molecule is CCOc1cc([C@H]2NC(=S)N(c3cccc(C(F)(F)F)c3)C(C)=C2C(=O)OC)ccc1O. The topological polar surface area (TPSA) is 71.0 Å². The van der Waals surface area contributed by atoms with Crippen LogP contribution in [-0.4, -0.2) is 29.9 Å². The minimum Gasteiger partial charge on any atom is -0.504 e. The largest absolute Gasteiger partial charge is 0.504 e. The molecule has 0 fully saturated rings. The summed E-state index contributed by atoms with van der Waals surface area (Å²) in [6, 6.07) is 8.47. The third-order valence-electron chi connectivity index (χ3n) is 4.94. The molecule has 0 aromatic heterocycles. The number of esters is 1. The summed E-state index contributed by atoms with van der Waals surface area (Å²) in [7, 11) is 1.21. The highest BCUT2D eigenvalue weighted by Crippen LogP contribution is 2.38. The number of hydrogen-bond donors (Lipinski definition) is 2. The number of carbonyl (C=O) groups excluding carboxylic acids is 1. The van der Waals surface area contributed by atoms with Crippen LogP contribution in [0.4, 0.5) is 18.9 Å². The predicted molar refractivity (Wildman–Crippen MR) is 116 cm³/mol. The van der Waals surface area contributed by atoms with Crippen LogP contribution in [0.1, 0.15) is 31.0 Å². The molecule has 1 heterocycles. The normalized spacial score (nSPS) is 16.6. The lowest BCUT2D eigenvalue weighted by Crippen LogP contribution is -2.48. The number of benzene rings is 2. The number of hydrogen-bond acceptors (Lipinski definition) is 5. The maximum Gasteiger partial charge on any atom is 0.416 e. The smallest absolute Gasteiger partial charge is 0.416 e. The Morgan fingerprint density at radius 3 is 2.59 bits per heavy atom. The molecule has 2 aromatic carbocycles. The van der Waals surface area contributed by atoms with Crippen LogP contribution in [-0.2, 0) is 15.7 Å². The van der Waals surface area contributed by atoms with Gasteiger partial charge in [-0.15, -0.1) is 0 Å². The van der Waals surface area contributed by atoms with Crippen molar-refractivity contribution in [1.29, 1.82) is 0 Å². The number of phenolic OH excluding ortho intramolecular Hbond substituents is 1. The zero-order chi connectivity index (χ0) is 23.6. The number of methoxy groups -OCH3 is 1. The van der Waals surface area contributed by atoms with Gasteiger partial charge in [0.25, 0.3) is 0 Å². The highest BCUT2D eigenvalue weighted by molar-refractivity contribution is 7.80. The Bertz CT molecular complexity index is 1090. The molecule has 2 N–H and O–H groups in total. The zero-order valence-corrected chi connectivity index (χ0v) is 18.3. The number of ether oxygens (including phenoxy) is 2. The van der Waals surface area contributed by atoms with Crippen LogP contribution in [0.2, 0.25) is 0 Å². The fourth-order valence-electron chi connectivity index (χ4n) is 3.48. The van der Waals surface area contributed by atoms with E-state index in [1.165, 1.54) is 30.2 Å². The molecule has 0 saturated heterocycles. The number of phenols is 1. The van der Waals surface area contributed by atoms with Gasteiger partial charge in [-0.05, 0) is 62.0 Å². The number of nitrogens with one attached hydrogen (secondary N) is 1. The summed E-state index contributed by atoms with van der Waals surface area (Å²) in [5, 5.41) is 13.1. The summed E-state index contributed by atoms with van der Waals surface area (Å²) in [5.74, 6) is -0.523. The van der Waals surface area contributed by atoms with Crippen LogP contribution in [0.3, 0.4) is 0 Å². The predicted octanol–water partition coefficient (Wildman–Crippen LogP) is 4.69. The van der Waals surface area contributed by atoms with Crippen LogP contribution >= 0.6 is 12.2 Å². The molecular formula is C22H21F3N2O4S. The lowest BCUT2D eigenvalue weighted by atomic mass is 9.94. The number of thiocarbonyl (C=S) groups is 1. The van der Waals surface area contributed by atoms with Crippen molar-refractivity contribution in [1.82, 2.24) is 5.32 Å². The van der Waals surface area contributed by atoms with E-state index in [2.05, 4.69) is 5.32 Å². The van der Waals surface area contributed by atoms with E-state index in [-0.39, 0.29) is 27.9 Å². The maximum absolute atomic E-state index is 13.2. The first-order valence-corrected chi connectivity index (χ1v) is 10.0. The van der Waals surface area contributed by atoms with E-state index in [1.54, 1.807) is 26.0 Å². The molecule has 0 aliphatic carbocycles. The summed E-state index contributed by atoms with van der Waals surface area (Å²) in [6.45, 7) is 3.66. The van der Waals surface area contributed by atoms with Crippen molar-refractivity contribution >= 4 is 29.0 Å². The van der Waals surface area contributed by atoms with Crippen LogP contribution in [0.5, 0.6) is 11.5 Å². The van der Waals surface area contributed by atoms with Gasteiger partial charge in [-0.1, -0.05) is 12.1 Å². The minimum absolute atomic E-state index is 0.0695. The zero-order valence-electron chi connectivity index (χ0n) is 17.5. The molecule has 1 aliphatic rings. The van der Waals surface area contributed by atoms with E-state index >= 15 is 0 Å². The Kier molecular flexibility index (Phi) is 6.63. The molecular weight excluding hydrogens is 445 g/mol. The van der Waals surface area contributed by atoms with Gasteiger partial charge in [0.15, 0.2) is 16.6 Å². The average molecular weight is 466 g/mol. The summed E-state index contributed by atoms with van der Waals surface area (Å²) in [4.78, 5) is 14.1. The lowest BCUT2D eigenvalue weighted by Gasteiger charge is -2.37. The lowest BCUT2D eigenvalue weighted by molar-refractivity contribution is -0.138. The van der Waals surface area contributed by atoms with Crippen LogP contribution in [0, 0.1) is 0 Å². The second kappa shape index (κ2) is 9.07. The Hall–Kier alpha value is -3.27. The second-order valence-electron chi connectivity index (χ2n) is 6.92. The van der Waals surface area contributed by atoms with Gasteiger partial charge < -0.3 is 19.9 Å². The monoisotopic (exact) mass is 466 g/mol. The van der Waals surface area contributed by atoms with Gasteiger partial charge >= 0.3 is 12.1 Å². The third kappa shape index (κ3) is 4.50. The number of halogens is 3. The van der Waals surface area contributed by atoms with E-state index in [1.807, 2.05) is 0 Å². The highest BCUT2D eigenvalue weighted by atomic mass is 32.1. The van der Waals surface area contributed by atoms with E-state index in [9.17, 15) is 23.1 Å². The van der Waals surface area contributed by atoms with Gasteiger partial charge in [-0.3, -0.25) is 4.90 Å². The summed E-state index contributed by atoms with van der Waals surface area (Å²) >= 11 is 5.45. The number of allylic oxidation sites excluding steroid dienone is 1. The molecule has 0 saturated carbocycles. The molecule has 0 unspecified atom stereocenters. The first-order valence-electron chi connectivity index (χ1n) is 9.61. The fourth-order valence-corrected chi connectivity index (χ4v) is 3.84. The van der Waals surface area contributed by atoms with E-state index in [0.717, 1.165) is 12.1 Å². The molecule has 32 heavy (non-hydrogen) atoms. The molecule has 10 heteroatoms. The molecule has 6 nitrogen and oxygen atoms in total. The van der Waals surface area contributed by atoms with Crippen molar-refractivity contribution in [3.05, 3.63) is 64.9 Å². The number of alkyl halides is 3. The van der Waals surface area contributed by atoms with E-state index in [0.29, 0.717) is 17.9 Å². The molecule has 0 amide bonds. The first-order chi connectivity index (χ1) is 15.1. The van der Waals surface area contributed by atoms with Crippen LogP contribution < -0.4 is 15.0 Å². The van der Waals surface area contributed by atoms with Gasteiger partial charge in [-0.2, -0.15) is 13.2 Å². The van der Waals surface area contributed by atoms with Crippen molar-refractivity contribution in [2.45, 2.75) is 26.1 Å². The number of rotatable bonds is 5. The number of anilines is 1.